The van der Waals surface area contributed by atoms with Gasteiger partial charge in [0.25, 0.3) is 5.91 Å². The first-order valence-corrected chi connectivity index (χ1v) is 9.76. The van der Waals surface area contributed by atoms with Crippen LogP contribution in [-0.2, 0) is 15.0 Å². The minimum Gasteiger partial charge on any atom is -0.484 e. The Morgan fingerprint density at radius 1 is 1.11 bits per heavy atom. The van der Waals surface area contributed by atoms with Gasteiger partial charge >= 0.3 is 0 Å². The number of rotatable bonds is 5. The highest BCUT2D eigenvalue weighted by molar-refractivity contribution is 5.96. The molecule has 1 N–H and O–H groups in total. The molecule has 2 aromatic rings. The maximum atomic E-state index is 12.2. The molecular formula is C23H28N2O3. The van der Waals surface area contributed by atoms with E-state index >= 15 is 0 Å². The Labute approximate surface area is 166 Å². The fourth-order valence-electron chi connectivity index (χ4n) is 3.23. The first-order valence-electron chi connectivity index (χ1n) is 9.76. The third kappa shape index (κ3) is 5.12. The van der Waals surface area contributed by atoms with Gasteiger partial charge in [-0.2, -0.15) is 0 Å². The number of benzene rings is 2. The largest absolute Gasteiger partial charge is 0.484 e. The van der Waals surface area contributed by atoms with E-state index in [0.29, 0.717) is 17.9 Å². The van der Waals surface area contributed by atoms with E-state index in [1.165, 1.54) is 5.56 Å². The van der Waals surface area contributed by atoms with Crippen LogP contribution in [0.1, 0.15) is 45.6 Å². The van der Waals surface area contributed by atoms with Crippen LogP contribution in [0.3, 0.4) is 0 Å². The van der Waals surface area contributed by atoms with Crippen molar-refractivity contribution in [3.63, 3.8) is 0 Å². The number of nitrogens with zero attached hydrogens (tertiary/aromatic N) is 1. The molecule has 0 atom stereocenters. The highest BCUT2D eigenvalue weighted by Crippen LogP contribution is 2.25. The van der Waals surface area contributed by atoms with E-state index in [9.17, 15) is 9.59 Å². The molecule has 2 aromatic carbocycles. The van der Waals surface area contributed by atoms with Gasteiger partial charge in [0, 0.05) is 24.3 Å². The zero-order valence-corrected chi connectivity index (χ0v) is 16.8. The van der Waals surface area contributed by atoms with E-state index in [0.717, 1.165) is 25.1 Å². The maximum Gasteiger partial charge on any atom is 0.262 e. The smallest absolute Gasteiger partial charge is 0.262 e. The summed E-state index contributed by atoms with van der Waals surface area (Å²) >= 11 is 0. The molecule has 1 saturated heterocycles. The van der Waals surface area contributed by atoms with Gasteiger partial charge in [-0.25, -0.2) is 0 Å². The number of piperidine rings is 1. The van der Waals surface area contributed by atoms with Crippen molar-refractivity contribution in [2.24, 2.45) is 0 Å². The summed E-state index contributed by atoms with van der Waals surface area (Å²) in [7, 11) is 0. The number of nitrogens with one attached hydrogen (secondary N) is 1. The highest BCUT2D eigenvalue weighted by Gasteiger charge is 2.20. The van der Waals surface area contributed by atoms with Crippen LogP contribution in [0.15, 0.2) is 48.5 Å². The van der Waals surface area contributed by atoms with Gasteiger partial charge in [-0.1, -0.05) is 39.0 Å². The Balaban J connectivity index is 1.56. The Hall–Kier alpha value is -2.82. The topological polar surface area (TPSA) is 58.6 Å². The van der Waals surface area contributed by atoms with Gasteiger partial charge in [-0.3, -0.25) is 9.59 Å². The summed E-state index contributed by atoms with van der Waals surface area (Å²) in [6, 6.07) is 15.2. The van der Waals surface area contributed by atoms with Crippen molar-refractivity contribution in [2.45, 2.75) is 45.4 Å². The second-order valence-electron chi connectivity index (χ2n) is 8.16. The van der Waals surface area contributed by atoms with E-state index in [-0.39, 0.29) is 23.8 Å². The summed E-state index contributed by atoms with van der Waals surface area (Å²) in [5, 5.41) is 2.84. The number of amides is 2. The molecule has 1 fully saturated rings. The van der Waals surface area contributed by atoms with E-state index in [1.807, 2.05) is 48.5 Å². The second-order valence-corrected chi connectivity index (χ2v) is 8.16. The quantitative estimate of drug-likeness (QED) is 0.830. The molecule has 0 saturated carbocycles. The van der Waals surface area contributed by atoms with Gasteiger partial charge in [0.15, 0.2) is 6.61 Å². The fraction of sp³-hybridized carbons (Fsp3) is 0.391. The predicted octanol–water partition coefficient (Wildman–Crippen LogP) is 4.52. The van der Waals surface area contributed by atoms with Crippen LogP contribution in [0, 0.1) is 0 Å². The molecule has 0 aromatic heterocycles. The Kier molecular flexibility index (Phi) is 6.02. The second kappa shape index (κ2) is 8.46. The Morgan fingerprint density at radius 3 is 2.54 bits per heavy atom. The molecule has 0 aliphatic carbocycles. The van der Waals surface area contributed by atoms with Crippen molar-refractivity contribution >= 4 is 23.2 Å². The monoisotopic (exact) mass is 380 g/mol. The number of hydrogen-bond acceptors (Lipinski definition) is 3. The lowest BCUT2D eigenvalue weighted by molar-refractivity contribution is -0.119. The molecule has 148 valence electrons. The number of ether oxygens (including phenoxy) is 1. The summed E-state index contributed by atoms with van der Waals surface area (Å²) in [5.41, 5.74) is 2.78. The van der Waals surface area contributed by atoms with Crippen LogP contribution < -0.4 is 15.0 Å². The van der Waals surface area contributed by atoms with Crippen molar-refractivity contribution in [1.82, 2.24) is 0 Å². The average Bonchev–Trinajstić information content (AvgIpc) is 2.66. The summed E-state index contributed by atoms with van der Waals surface area (Å²) in [6.07, 6.45) is 2.53. The minimum absolute atomic E-state index is 0.0677. The number of carbonyl (C=O) groups excluding carboxylic acids is 2. The van der Waals surface area contributed by atoms with Crippen LogP contribution in [-0.4, -0.2) is 25.0 Å². The Bertz CT molecular complexity index is 838. The van der Waals surface area contributed by atoms with Gasteiger partial charge in [0.1, 0.15) is 5.75 Å². The van der Waals surface area contributed by atoms with E-state index in [1.54, 1.807) is 4.90 Å². The lowest BCUT2D eigenvalue weighted by Crippen LogP contribution is -2.35. The first-order chi connectivity index (χ1) is 13.3. The molecular weight excluding hydrogens is 352 g/mol. The molecule has 5 nitrogen and oxygen atoms in total. The molecule has 0 unspecified atom stereocenters. The highest BCUT2D eigenvalue weighted by atomic mass is 16.5. The van der Waals surface area contributed by atoms with Gasteiger partial charge in [0.05, 0.1) is 0 Å². The predicted molar refractivity (Wildman–Crippen MR) is 112 cm³/mol. The fourth-order valence-corrected chi connectivity index (χ4v) is 3.23. The first kappa shape index (κ1) is 19.9. The normalized spacial score (nSPS) is 14.7. The van der Waals surface area contributed by atoms with Crippen LogP contribution in [0.5, 0.6) is 5.75 Å². The van der Waals surface area contributed by atoms with Crippen LogP contribution in [0.25, 0.3) is 0 Å². The van der Waals surface area contributed by atoms with Crippen molar-refractivity contribution in [1.29, 1.82) is 0 Å². The molecule has 1 heterocycles. The molecule has 0 radical (unpaired) electrons. The zero-order chi connectivity index (χ0) is 20.1. The van der Waals surface area contributed by atoms with E-state index in [4.69, 9.17) is 4.74 Å². The molecule has 28 heavy (non-hydrogen) atoms. The van der Waals surface area contributed by atoms with Crippen molar-refractivity contribution in [3.8, 4) is 5.75 Å². The summed E-state index contributed by atoms with van der Waals surface area (Å²) in [6.45, 7) is 7.12. The van der Waals surface area contributed by atoms with Gasteiger partial charge in [-0.15, -0.1) is 0 Å². The third-order valence-corrected chi connectivity index (χ3v) is 4.86. The molecule has 3 rings (SSSR count). The van der Waals surface area contributed by atoms with Crippen LogP contribution >= 0.6 is 0 Å². The van der Waals surface area contributed by atoms with Crippen LogP contribution in [0.4, 0.5) is 11.4 Å². The number of carbonyl (C=O) groups is 2. The molecule has 1 aliphatic rings. The van der Waals surface area contributed by atoms with Gasteiger partial charge in [-0.05, 0) is 54.2 Å². The Morgan fingerprint density at radius 2 is 1.86 bits per heavy atom. The SMILES string of the molecule is CC(C)(C)c1ccc(OCC(=O)Nc2cccc(N3CCCCC3=O)c2)cc1. The van der Waals surface area contributed by atoms with E-state index in [2.05, 4.69) is 26.1 Å². The van der Waals surface area contributed by atoms with Crippen LogP contribution in [0.2, 0.25) is 0 Å². The molecule has 1 aliphatic heterocycles. The lowest BCUT2D eigenvalue weighted by Gasteiger charge is -2.27. The third-order valence-electron chi connectivity index (χ3n) is 4.86. The molecule has 0 spiro atoms. The van der Waals surface area contributed by atoms with Crippen molar-refractivity contribution in [3.05, 3.63) is 54.1 Å². The minimum atomic E-state index is -0.234. The van der Waals surface area contributed by atoms with Crippen molar-refractivity contribution in [2.75, 3.05) is 23.4 Å². The molecule has 0 bridgehead atoms. The zero-order valence-electron chi connectivity index (χ0n) is 16.8. The maximum absolute atomic E-state index is 12.2. The number of hydrogen-bond donors (Lipinski definition) is 1. The average molecular weight is 380 g/mol. The summed E-state index contributed by atoms with van der Waals surface area (Å²) < 4.78 is 5.59. The van der Waals surface area contributed by atoms with Crippen molar-refractivity contribution < 1.29 is 14.3 Å². The number of anilines is 2. The van der Waals surface area contributed by atoms with E-state index < -0.39 is 0 Å². The van der Waals surface area contributed by atoms with Gasteiger partial charge < -0.3 is 15.0 Å². The molecule has 5 heteroatoms. The summed E-state index contributed by atoms with van der Waals surface area (Å²) in [4.78, 5) is 26.1. The lowest BCUT2D eigenvalue weighted by atomic mass is 9.87. The molecule has 2 amide bonds. The van der Waals surface area contributed by atoms with Gasteiger partial charge in [0.2, 0.25) is 5.91 Å². The standard InChI is InChI=1S/C23H28N2O3/c1-23(2,3)17-10-12-20(13-11-17)28-16-21(26)24-18-7-6-8-19(15-18)25-14-5-4-9-22(25)27/h6-8,10-13,15H,4-5,9,14,16H2,1-3H3,(H,24,26). The summed E-state index contributed by atoms with van der Waals surface area (Å²) in [5.74, 6) is 0.564.